The molecule has 0 aliphatic rings. The first-order valence-corrected chi connectivity index (χ1v) is 7.28. The van der Waals surface area contributed by atoms with Gasteiger partial charge in [-0.2, -0.15) is 0 Å². The average Bonchev–Trinajstić information content (AvgIpc) is 2.52. The van der Waals surface area contributed by atoms with Gasteiger partial charge in [-0.1, -0.05) is 23.7 Å². The van der Waals surface area contributed by atoms with Crippen LogP contribution in [-0.4, -0.2) is 14.2 Å². The quantitative estimate of drug-likeness (QED) is 0.721. The van der Waals surface area contributed by atoms with Gasteiger partial charge in [-0.05, 0) is 24.3 Å². The third-order valence-electron chi connectivity index (χ3n) is 3.04. The van der Waals surface area contributed by atoms with Crippen molar-refractivity contribution in [2.24, 2.45) is 0 Å². The molecular weight excluding hydrogens is 311 g/mol. The van der Waals surface area contributed by atoms with Crippen LogP contribution in [0.5, 0.6) is 17.2 Å². The van der Waals surface area contributed by atoms with Crippen molar-refractivity contribution >= 4 is 23.2 Å². The normalized spacial score (nSPS) is 10.3. The summed E-state index contributed by atoms with van der Waals surface area (Å²) in [6, 6.07) is 11.0. The first kappa shape index (κ1) is 15.8. The fourth-order valence-electron chi connectivity index (χ4n) is 2.00. The van der Waals surface area contributed by atoms with Crippen molar-refractivity contribution in [1.29, 1.82) is 0 Å². The van der Waals surface area contributed by atoms with E-state index in [0.717, 1.165) is 16.9 Å². The molecule has 0 aliphatic carbocycles. The predicted octanol–water partition coefficient (Wildman–Crippen LogP) is 4.68. The van der Waals surface area contributed by atoms with Crippen molar-refractivity contribution in [1.82, 2.24) is 0 Å². The molecule has 5 heteroatoms. The Morgan fingerprint density at radius 3 is 2.38 bits per heavy atom. The third-order valence-corrected chi connectivity index (χ3v) is 3.56. The van der Waals surface area contributed by atoms with Crippen molar-refractivity contribution in [3.63, 3.8) is 0 Å². The van der Waals surface area contributed by atoms with Crippen LogP contribution in [0.3, 0.4) is 0 Å². The number of methoxy groups -OCH3 is 2. The number of halogens is 2. The number of rotatable bonds is 6. The summed E-state index contributed by atoms with van der Waals surface area (Å²) >= 11 is 12.0. The van der Waals surface area contributed by atoms with Gasteiger partial charge in [0.15, 0.2) is 11.5 Å². The number of alkyl halides is 1. The number of hydrogen-bond donors (Lipinski definition) is 0. The van der Waals surface area contributed by atoms with Gasteiger partial charge in [0.25, 0.3) is 0 Å². The minimum Gasteiger partial charge on any atom is -0.496 e. The number of ether oxygens (including phenoxy) is 3. The monoisotopic (exact) mass is 326 g/mol. The highest BCUT2D eigenvalue weighted by Crippen LogP contribution is 2.33. The SMILES string of the molecule is COc1ccc(Cl)cc1COc1c(CCl)cccc1OC. The molecule has 0 spiro atoms. The van der Waals surface area contributed by atoms with Crippen LogP contribution in [-0.2, 0) is 12.5 Å². The Balaban J connectivity index is 2.26. The molecule has 0 N–H and O–H groups in total. The van der Waals surface area contributed by atoms with E-state index in [9.17, 15) is 0 Å². The predicted molar refractivity (Wildman–Crippen MR) is 84.9 cm³/mol. The number of hydrogen-bond acceptors (Lipinski definition) is 3. The maximum absolute atomic E-state index is 6.02. The van der Waals surface area contributed by atoms with E-state index in [1.807, 2.05) is 30.3 Å². The first-order valence-electron chi connectivity index (χ1n) is 6.36. The molecule has 0 bridgehead atoms. The van der Waals surface area contributed by atoms with Crippen LogP contribution in [0.25, 0.3) is 0 Å². The fraction of sp³-hybridized carbons (Fsp3) is 0.250. The summed E-state index contributed by atoms with van der Waals surface area (Å²) in [6.45, 7) is 0.313. The second-order valence-corrected chi connectivity index (χ2v) is 5.03. The van der Waals surface area contributed by atoms with Gasteiger partial charge in [0.2, 0.25) is 0 Å². The molecule has 0 amide bonds. The van der Waals surface area contributed by atoms with E-state index in [4.69, 9.17) is 37.4 Å². The highest BCUT2D eigenvalue weighted by molar-refractivity contribution is 6.30. The van der Waals surface area contributed by atoms with Crippen LogP contribution < -0.4 is 14.2 Å². The molecule has 0 saturated carbocycles. The first-order chi connectivity index (χ1) is 10.2. The molecule has 2 aromatic rings. The molecule has 0 heterocycles. The van der Waals surface area contributed by atoms with Gasteiger partial charge in [-0.25, -0.2) is 0 Å². The van der Waals surface area contributed by atoms with Gasteiger partial charge in [0.1, 0.15) is 12.4 Å². The summed E-state index contributed by atoms with van der Waals surface area (Å²) < 4.78 is 16.5. The number of benzene rings is 2. The van der Waals surface area contributed by atoms with Gasteiger partial charge in [-0.15, -0.1) is 11.6 Å². The zero-order valence-corrected chi connectivity index (χ0v) is 13.4. The summed E-state index contributed by atoms with van der Waals surface area (Å²) in [5, 5.41) is 0.631. The zero-order valence-electron chi connectivity index (χ0n) is 11.9. The summed E-state index contributed by atoms with van der Waals surface area (Å²) in [5.74, 6) is 2.35. The van der Waals surface area contributed by atoms with Crippen LogP contribution in [0.2, 0.25) is 5.02 Å². The molecule has 0 radical (unpaired) electrons. The second-order valence-electron chi connectivity index (χ2n) is 4.33. The summed E-state index contributed by atoms with van der Waals surface area (Å²) in [7, 11) is 3.21. The molecule has 2 rings (SSSR count). The smallest absolute Gasteiger partial charge is 0.166 e. The van der Waals surface area contributed by atoms with Gasteiger partial charge < -0.3 is 14.2 Å². The molecule has 0 unspecified atom stereocenters. The Morgan fingerprint density at radius 1 is 0.952 bits per heavy atom. The van der Waals surface area contributed by atoms with E-state index in [0.29, 0.717) is 29.0 Å². The molecule has 21 heavy (non-hydrogen) atoms. The Morgan fingerprint density at radius 2 is 1.71 bits per heavy atom. The van der Waals surface area contributed by atoms with E-state index >= 15 is 0 Å². The van der Waals surface area contributed by atoms with Gasteiger partial charge in [-0.3, -0.25) is 0 Å². The van der Waals surface area contributed by atoms with Crippen LogP contribution in [0, 0.1) is 0 Å². The minimum absolute atomic E-state index is 0.313. The standard InChI is InChI=1S/C16H16Cl2O3/c1-19-14-7-6-13(18)8-12(14)10-21-16-11(9-17)4-3-5-15(16)20-2/h3-8H,9-10H2,1-2H3. The van der Waals surface area contributed by atoms with Crippen molar-refractivity contribution in [2.45, 2.75) is 12.5 Å². The van der Waals surface area contributed by atoms with E-state index in [-0.39, 0.29) is 0 Å². The Labute approximate surface area is 134 Å². The van der Waals surface area contributed by atoms with Crippen molar-refractivity contribution in [3.8, 4) is 17.2 Å². The number of para-hydroxylation sites is 1. The Hall–Kier alpha value is -1.58. The van der Waals surface area contributed by atoms with E-state index in [1.54, 1.807) is 20.3 Å². The van der Waals surface area contributed by atoms with Gasteiger partial charge in [0.05, 0.1) is 20.1 Å². The molecule has 0 fully saturated rings. The molecule has 0 aromatic heterocycles. The van der Waals surface area contributed by atoms with Gasteiger partial charge >= 0.3 is 0 Å². The summed E-state index contributed by atoms with van der Waals surface area (Å²) in [6.07, 6.45) is 0. The second kappa shape index (κ2) is 7.43. The molecule has 2 aromatic carbocycles. The maximum atomic E-state index is 6.02. The van der Waals surface area contributed by atoms with E-state index < -0.39 is 0 Å². The molecule has 112 valence electrons. The van der Waals surface area contributed by atoms with Crippen LogP contribution in [0.15, 0.2) is 36.4 Å². The average molecular weight is 327 g/mol. The van der Waals surface area contributed by atoms with Crippen molar-refractivity contribution < 1.29 is 14.2 Å². The minimum atomic E-state index is 0.313. The Kier molecular flexibility index (Phi) is 5.59. The Bertz CT molecular complexity index is 592. The lowest BCUT2D eigenvalue weighted by atomic mass is 10.2. The lowest BCUT2D eigenvalue weighted by molar-refractivity contribution is 0.276. The van der Waals surface area contributed by atoms with Gasteiger partial charge in [0, 0.05) is 16.1 Å². The van der Waals surface area contributed by atoms with E-state index in [2.05, 4.69) is 0 Å². The van der Waals surface area contributed by atoms with Crippen LogP contribution in [0.1, 0.15) is 11.1 Å². The summed E-state index contributed by atoms with van der Waals surface area (Å²) in [4.78, 5) is 0. The molecule has 0 aliphatic heterocycles. The van der Waals surface area contributed by atoms with E-state index in [1.165, 1.54) is 0 Å². The lowest BCUT2D eigenvalue weighted by Crippen LogP contribution is -2.02. The lowest BCUT2D eigenvalue weighted by Gasteiger charge is -2.15. The largest absolute Gasteiger partial charge is 0.496 e. The zero-order chi connectivity index (χ0) is 15.2. The van der Waals surface area contributed by atoms with Crippen molar-refractivity contribution in [3.05, 3.63) is 52.5 Å². The third kappa shape index (κ3) is 3.74. The molecule has 3 nitrogen and oxygen atoms in total. The highest BCUT2D eigenvalue weighted by Gasteiger charge is 2.12. The fourth-order valence-corrected chi connectivity index (χ4v) is 2.41. The summed E-state index contributed by atoms with van der Waals surface area (Å²) in [5.41, 5.74) is 1.73. The molecular formula is C16H16Cl2O3. The van der Waals surface area contributed by atoms with Crippen LogP contribution >= 0.6 is 23.2 Å². The highest BCUT2D eigenvalue weighted by atomic mass is 35.5. The molecule has 0 saturated heterocycles. The van der Waals surface area contributed by atoms with Crippen LogP contribution in [0.4, 0.5) is 0 Å². The maximum Gasteiger partial charge on any atom is 0.166 e. The topological polar surface area (TPSA) is 27.7 Å². The van der Waals surface area contributed by atoms with Crippen molar-refractivity contribution in [2.75, 3.05) is 14.2 Å². The molecule has 0 atom stereocenters.